The van der Waals surface area contributed by atoms with E-state index >= 15 is 0 Å². The Labute approximate surface area is 99.1 Å². The van der Waals surface area contributed by atoms with Crippen LogP contribution in [-0.4, -0.2) is 14.8 Å². The van der Waals surface area contributed by atoms with Crippen molar-refractivity contribution in [3.63, 3.8) is 0 Å². The third-order valence-electron chi connectivity index (χ3n) is 2.29. The van der Waals surface area contributed by atoms with Gasteiger partial charge in [-0.25, -0.2) is 9.67 Å². The summed E-state index contributed by atoms with van der Waals surface area (Å²) in [6, 6.07) is 5.33. The number of nitrogens with zero attached hydrogens (tertiary/aromatic N) is 3. The molecule has 0 saturated carbocycles. The number of aromatic nitrogens is 3. The second-order valence-electron chi connectivity index (χ2n) is 3.89. The van der Waals surface area contributed by atoms with Gasteiger partial charge in [-0.15, -0.1) is 0 Å². The highest BCUT2D eigenvalue weighted by molar-refractivity contribution is 6.29. The van der Waals surface area contributed by atoms with Gasteiger partial charge in [0.2, 0.25) is 0 Å². The van der Waals surface area contributed by atoms with Crippen LogP contribution >= 0.6 is 11.6 Å². The van der Waals surface area contributed by atoms with Gasteiger partial charge in [-0.1, -0.05) is 25.4 Å². The van der Waals surface area contributed by atoms with Crippen LogP contribution in [0, 0.1) is 0 Å². The highest BCUT2D eigenvalue weighted by Gasteiger charge is 2.08. The Morgan fingerprint density at radius 2 is 2.06 bits per heavy atom. The summed E-state index contributed by atoms with van der Waals surface area (Å²) in [4.78, 5) is 4.16. The third-order valence-corrected chi connectivity index (χ3v) is 2.50. The maximum absolute atomic E-state index is 5.83. The lowest BCUT2D eigenvalue weighted by molar-refractivity contribution is 0.759. The molecule has 2 heterocycles. The van der Waals surface area contributed by atoms with Crippen LogP contribution in [0.2, 0.25) is 5.15 Å². The summed E-state index contributed by atoms with van der Waals surface area (Å²) in [6.07, 6.45) is 1.84. The van der Waals surface area contributed by atoms with Gasteiger partial charge in [0.25, 0.3) is 0 Å². The van der Waals surface area contributed by atoms with Gasteiger partial charge < -0.3 is 5.73 Å². The molecule has 0 aliphatic rings. The molecule has 0 fully saturated rings. The molecule has 0 unspecified atom stereocenters. The zero-order valence-electron chi connectivity index (χ0n) is 9.18. The minimum absolute atomic E-state index is 0.377. The van der Waals surface area contributed by atoms with Crippen LogP contribution in [0.1, 0.15) is 25.5 Å². The molecule has 0 aliphatic heterocycles. The Kier molecular flexibility index (Phi) is 2.83. The molecule has 0 bridgehead atoms. The molecule has 0 saturated heterocycles. The fourth-order valence-corrected chi connectivity index (χ4v) is 1.53. The molecule has 5 heteroatoms. The summed E-state index contributed by atoms with van der Waals surface area (Å²) >= 11 is 5.83. The van der Waals surface area contributed by atoms with E-state index in [-0.39, 0.29) is 0 Å². The van der Waals surface area contributed by atoms with E-state index < -0.39 is 0 Å². The van der Waals surface area contributed by atoms with E-state index in [1.165, 1.54) is 0 Å². The summed E-state index contributed by atoms with van der Waals surface area (Å²) < 4.78 is 1.65. The van der Waals surface area contributed by atoms with Crippen LogP contribution in [0.25, 0.3) is 5.82 Å². The number of hydrogen-bond acceptors (Lipinski definition) is 3. The van der Waals surface area contributed by atoms with Crippen molar-refractivity contribution in [1.29, 1.82) is 0 Å². The summed E-state index contributed by atoms with van der Waals surface area (Å²) in [5.41, 5.74) is 7.38. The van der Waals surface area contributed by atoms with Gasteiger partial charge in [-0.2, -0.15) is 5.10 Å². The molecule has 4 nitrogen and oxygen atoms in total. The fraction of sp³-hybridized carbons (Fsp3) is 0.273. The fourth-order valence-electron chi connectivity index (χ4n) is 1.38. The number of pyridine rings is 1. The molecule has 2 aromatic heterocycles. The minimum Gasteiger partial charge on any atom is -0.396 e. The van der Waals surface area contributed by atoms with E-state index in [0.717, 1.165) is 5.69 Å². The Morgan fingerprint density at radius 1 is 1.31 bits per heavy atom. The van der Waals surface area contributed by atoms with Crippen LogP contribution < -0.4 is 5.73 Å². The first kappa shape index (κ1) is 11.0. The Bertz CT molecular complexity index is 504. The van der Waals surface area contributed by atoms with Crippen LogP contribution in [0.4, 0.5) is 5.69 Å². The lowest BCUT2D eigenvalue weighted by atomic mass is 10.1. The highest BCUT2D eigenvalue weighted by Crippen LogP contribution is 2.19. The van der Waals surface area contributed by atoms with Crippen molar-refractivity contribution in [1.82, 2.24) is 14.8 Å². The standard InChI is InChI=1S/C11H13ClN4/c1-7(2)9-5-6-16(15-9)11-8(13)3-4-10(12)14-11/h3-7H,13H2,1-2H3. The molecule has 0 aromatic carbocycles. The van der Waals surface area contributed by atoms with Gasteiger partial charge >= 0.3 is 0 Å². The average Bonchev–Trinajstić information content (AvgIpc) is 2.70. The second kappa shape index (κ2) is 4.14. The van der Waals surface area contributed by atoms with Crippen molar-refractivity contribution in [2.45, 2.75) is 19.8 Å². The SMILES string of the molecule is CC(C)c1ccn(-c2nc(Cl)ccc2N)n1. The lowest BCUT2D eigenvalue weighted by Gasteiger charge is -2.05. The van der Waals surface area contributed by atoms with Crippen LogP contribution in [-0.2, 0) is 0 Å². The maximum Gasteiger partial charge on any atom is 0.178 e. The largest absolute Gasteiger partial charge is 0.396 e. The maximum atomic E-state index is 5.83. The Hall–Kier alpha value is -1.55. The summed E-state index contributed by atoms with van der Waals surface area (Å²) in [5, 5.41) is 4.81. The van der Waals surface area contributed by atoms with E-state index in [9.17, 15) is 0 Å². The molecule has 2 rings (SSSR count). The van der Waals surface area contributed by atoms with E-state index in [0.29, 0.717) is 22.6 Å². The van der Waals surface area contributed by atoms with Crippen LogP contribution in [0.5, 0.6) is 0 Å². The first-order valence-corrected chi connectivity index (χ1v) is 5.43. The van der Waals surface area contributed by atoms with Gasteiger partial charge in [0.05, 0.1) is 11.4 Å². The molecule has 84 valence electrons. The lowest BCUT2D eigenvalue weighted by Crippen LogP contribution is -2.04. The second-order valence-corrected chi connectivity index (χ2v) is 4.27. The normalized spacial score (nSPS) is 11.0. The smallest absolute Gasteiger partial charge is 0.178 e. The topological polar surface area (TPSA) is 56.7 Å². The summed E-state index contributed by atoms with van der Waals surface area (Å²) in [5.74, 6) is 0.945. The molecule has 16 heavy (non-hydrogen) atoms. The zero-order chi connectivity index (χ0) is 11.7. The number of halogens is 1. The van der Waals surface area contributed by atoms with Crippen LogP contribution in [0.3, 0.4) is 0 Å². The van der Waals surface area contributed by atoms with Gasteiger partial charge in [-0.05, 0) is 24.1 Å². The number of hydrogen-bond donors (Lipinski definition) is 1. The van der Waals surface area contributed by atoms with Gasteiger partial charge in [0.1, 0.15) is 5.15 Å². The molecule has 2 aromatic rings. The number of nitrogens with two attached hydrogens (primary N) is 1. The molecule has 0 spiro atoms. The molecule has 0 amide bonds. The average molecular weight is 237 g/mol. The Balaban J connectivity index is 2.46. The van der Waals surface area contributed by atoms with Crippen molar-refractivity contribution >= 4 is 17.3 Å². The van der Waals surface area contributed by atoms with E-state index in [1.807, 2.05) is 12.3 Å². The predicted molar refractivity (Wildman–Crippen MR) is 64.9 cm³/mol. The molecule has 0 aliphatic carbocycles. The van der Waals surface area contributed by atoms with Gasteiger partial charge in [-0.3, -0.25) is 0 Å². The van der Waals surface area contributed by atoms with Crippen LogP contribution in [0.15, 0.2) is 24.4 Å². The number of nitrogen functional groups attached to an aromatic ring is 1. The highest BCUT2D eigenvalue weighted by atomic mass is 35.5. The third kappa shape index (κ3) is 2.02. The van der Waals surface area contributed by atoms with Crippen molar-refractivity contribution in [3.05, 3.63) is 35.2 Å². The summed E-state index contributed by atoms with van der Waals surface area (Å²) in [7, 11) is 0. The zero-order valence-corrected chi connectivity index (χ0v) is 9.94. The number of rotatable bonds is 2. The van der Waals surface area contributed by atoms with E-state index in [1.54, 1.807) is 16.8 Å². The van der Waals surface area contributed by atoms with E-state index in [2.05, 4.69) is 23.9 Å². The Morgan fingerprint density at radius 3 is 2.69 bits per heavy atom. The first-order valence-electron chi connectivity index (χ1n) is 5.06. The first-order chi connectivity index (χ1) is 7.58. The van der Waals surface area contributed by atoms with Gasteiger partial charge in [0.15, 0.2) is 5.82 Å². The monoisotopic (exact) mass is 236 g/mol. The van der Waals surface area contributed by atoms with E-state index in [4.69, 9.17) is 17.3 Å². The van der Waals surface area contributed by atoms with Crippen molar-refractivity contribution in [3.8, 4) is 5.82 Å². The molecule has 2 N–H and O–H groups in total. The predicted octanol–water partition coefficient (Wildman–Crippen LogP) is 2.63. The van der Waals surface area contributed by atoms with Gasteiger partial charge in [0, 0.05) is 6.20 Å². The van der Waals surface area contributed by atoms with Crippen molar-refractivity contribution < 1.29 is 0 Å². The number of anilines is 1. The summed E-state index contributed by atoms with van der Waals surface area (Å²) in [6.45, 7) is 4.17. The van der Waals surface area contributed by atoms with Crippen molar-refractivity contribution in [2.24, 2.45) is 0 Å². The molecular formula is C11H13ClN4. The molecule has 0 atom stereocenters. The molecule has 0 radical (unpaired) electrons. The minimum atomic E-state index is 0.377. The quantitative estimate of drug-likeness (QED) is 0.816. The van der Waals surface area contributed by atoms with Crippen molar-refractivity contribution in [2.75, 3.05) is 5.73 Å². The molecular weight excluding hydrogens is 224 g/mol.